The number of hydrogen-bond donors (Lipinski definition) is 0. The molecule has 2 unspecified atom stereocenters. The molecule has 0 saturated heterocycles. The van der Waals surface area contributed by atoms with Gasteiger partial charge < -0.3 is 9.47 Å². The SMILES string of the molecule is CCCC1CCC2C[C@H](C(=O)Oc3ccc(OCC)cc3)CC[C@@H]2C1. The van der Waals surface area contributed by atoms with Crippen molar-refractivity contribution in [2.24, 2.45) is 23.7 Å². The minimum Gasteiger partial charge on any atom is -0.494 e. The van der Waals surface area contributed by atoms with Gasteiger partial charge in [0.05, 0.1) is 12.5 Å². The highest BCUT2D eigenvalue weighted by atomic mass is 16.5. The van der Waals surface area contributed by atoms with Crippen LogP contribution in [0.25, 0.3) is 0 Å². The molecule has 138 valence electrons. The molecule has 25 heavy (non-hydrogen) atoms. The average molecular weight is 344 g/mol. The van der Waals surface area contributed by atoms with E-state index < -0.39 is 0 Å². The van der Waals surface area contributed by atoms with E-state index in [0.717, 1.165) is 36.3 Å². The highest BCUT2D eigenvalue weighted by Gasteiger charge is 2.38. The lowest BCUT2D eigenvalue weighted by molar-refractivity contribution is -0.141. The number of hydrogen-bond acceptors (Lipinski definition) is 3. The Balaban J connectivity index is 1.51. The van der Waals surface area contributed by atoms with Gasteiger partial charge in [-0.05, 0) is 81.0 Å². The number of carbonyl (C=O) groups is 1. The Morgan fingerprint density at radius 1 is 0.960 bits per heavy atom. The zero-order valence-corrected chi connectivity index (χ0v) is 15.7. The molecule has 2 fully saturated rings. The van der Waals surface area contributed by atoms with Gasteiger partial charge >= 0.3 is 5.97 Å². The first kappa shape index (κ1) is 18.3. The highest BCUT2D eigenvalue weighted by molar-refractivity contribution is 5.75. The van der Waals surface area contributed by atoms with Crippen LogP contribution in [0.4, 0.5) is 0 Å². The lowest BCUT2D eigenvalue weighted by atomic mass is 9.64. The van der Waals surface area contributed by atoms with Crippen molar-refractivity contribution in [1.29, 1.82) is 0 Å². The molecule has 4 atom stereocenters. The van der Waals surface area contributed by atoms with Crippen molar-refractivity contribution < 1.29 is 14.3 Å². The summed E-state index contributed by atoms with van der Waals surface area (Å²) in [5.74, 6) is 3.99. The molecule has 2 saturated carbocycles. The van der Waals surface area contributed by atoms with Gasteiger partial charge in [-0.3, -0.25) is 4.79 Å². The van der Waals surface area contributed by atoms with Gasteiger partial charge in [-0.25, -0.2) is 0 Å². The Kier molecular flexibility index (Phi) is 6.39. The average Bonchev–Trinajstić information content (AvgIpc) is 2.63. The predicted octanol–water partition coefficient (Wildman–Crippen LogP) is 5.62. The zero-order valence-electron chi connectivity index (χ0n) is 15.7. The first-order valence-corrected chi connectivity index (χ1v) is 10.1. The quantitative estimate of drug-likeness (QED) is 0.496. The topological polar surface area (TPSA) is 35.5 Å². The van der Waals surface area contributed by atoms with Gasteiger partial charge in [-0.2, -0.15) is 0 Å². The Morgan fingerprint density at radius 2 is 1.64 bits per heavy atom. The largest absolute Gasteiger partial charge is 0.494 e. The molecule has 0 amide bonds. The number of fused-ring (bicyclic) bond motifs is 1. The standard InChI is InChI=1S/C22H32O3/c1-3-5-16-6-7-18-15-19(9-8-17(18)14-16)22(23)25-21-12-10-20(11-13-21)24-4-2/h10-13,16-19H,3-9,14-15H2,1-2H3/t16?,17-,18?,19-/m1/s1. The fourth-order valence-electron chi connectivity index (χ4n) is 4.84. The van der Waals surface area contributed by atoms with E-state index in [-0.39, 0.29) is 11.9 Å². The molecule has 2 aliphatic rings. The Labute approximate surface area is 152 Å². The third kappa shape index (κ3) is 4.77. The maximum absolute atomic E-state index is 12.6. The van der Waals surface area contributed by atoms with Gasteiger partial charge in [-0.15, -0.1) is 0 Å². The molecule has 0 bridgehead atoms. The van der Waals surface area contributed by atoms with E-state index in [1.165, 1.54) is 38.5 Å². The number of benzene rings is 1. The fourth-order valence-corrected chi connectivity index (χ4v) is 4.84. The van der Waals surface area contributed by atoms with E-state index in [0.29, 0.717) is 12.4 Å². The van der Waals surface area contributed by atoms with E-state index in [1.54, 1.807) is 0 Å². The first-order chi connectivity index (χ1) is 12.2. The summed E-state index contributed by atoms with van der Waals surface area (Å²) in [6.07, 6.45) is 9.96. The maximum atomic E-state index is 12.6. The molecule has 3 rings (SSSR count). The summed E-state index contributed by atoms with van der Waals surface area (Å²) in [6, 6.07) is 7.37. The second-order valence-corrected chi connectivity index (χ2v) is 7.82. The first-order valence-electron chi connectivity index (χ1n) is 10.1. The number of rotatable bonds is 6. The summed E-state index contributed by atoms with van der Waals surface area (Å²) >= 11 is 0. The summed E-state index contributed by atoms with van der Waals surface area (Å²) in [7, 11) is 0. The highest BCUT2D eigenvalue weighted by Crippen LogP contribution is 2.45. The van der Waals surface area contributed by atoms with Crippen LogP contribution in [-0.2, 0) is 4.79 Å². The summed E-state index contributed by atoms with van der Waals surface area (Å²) in [4.78, 5) is 12.6. The predicted molar refractivity (Wildman–Crippen MR) is 99.8 cm³/mol. The Morgan fingerprint density at radius 3 is 2.36 bits per heavy atom. The summed E-state index contributed by atoms with van der Waals surface area (Å²) in [5, 5.41) is 0. The van der Waals surface area contributed by atoms with Gasteiger partial charge in [0.25, 0.3) is 0 Å². The van der Waals surface area contributed by atoms with Crippen LogP contribution < -0.4 is 9.47 Å². The van der Waals surface area contributed by atoms with Crippen molar-refractivity contribution in [3.8, 4) is 11.5 Å². The monoisotopic (exact) mass is 344 g/mol. The van der Waals surface area contributed by atoms with E-state index >= 15 is 0 Å². The van der Waals surface area contributed by atoms with E-state index in [4.69, 9.17) is 9.47 Å². The number of carbonyl (C=O) groups excluding carboxylic acids is 1. The van der Waals surface area contributed by atoms with Crippen molar-refractivity contribution >= 4 is 5.97 Å². The van der Waals surface area contributed by atoms with Crippen LogP contribution in [0.15, 0.2) is 24.3 Å². The van der Waals surface area contributed by atoms with Crippen LogP contribution in [0.3, 0.4) is 0 Å². The van der Waals surface area contributed by atoms with E-state index in [9.17, 15) is 4.79 Å². The minimum atomic E-state index is -0.0432. The molecule has 0 spiro atoms. The molecule has 0 aromatic heterocycles. The van der Waals surface area contributed by atoms with Gasteiger partial charge in [0.15, 0.2) is 0 Å². The molecule has 1 aromatic carbocycles. The summed E-state index contributed by atoms with van der Waals surface area (Å²) in [6.45, 7) is 4.89. The summed E-state index contributed by atoms with van der Waals surface area (Å²) in [5.41, 5.74) is 0. The maximum Gasteiger partial charge on any atom is 0.314 e. The third-order valence-corrected chi connectivity index (χ3v) is 6.11. The Bertz CT molecular complexity index is 551. The fraction of sp³-hybridized carbons (Fsp3) is 0.682. The van der Waals surface area contributed by atoms with Crippen LogP contribution in [0.2, 0.25) is 0 Å². The lowest BCUT2D eigenvalue weighted by Gasteiger charge is -2.41. The van der Waals surface area contributed by atoms with Crippen LogP contribution in [0.5, 0.6) is 11.5 Å². The van der Waals surface area contributed by atoms with Crippen LogP contribution in [0.1, 0.15) is 65.2 Å². The van der Waals surface area contributed by atoms with Crippen LogP contribution >= 0.6 is 0 Å². The zero-order chi connectivity index (χ0) is 17.6. The molecule has 0 radical (unpaired) electrons. The van der Waals surface area contributed by atoms with Crippen molar-refractivity contribution in [1.82, 2.24) is 0 Å². The van der Waals surface area contributed by atoms with Crippen molar-refractivity contribution in [2.45, 2.75) is 65.2 Å². The van der Waals surface area contributed by atoms with Crippen molar-refractivity contribution in [3.05, 3.63) is 24.3 Å². The second kappa shape index (κ2) is 8.73. The molecule has 3 nitrogen and oxygen atoms in total. The molecule has 1 aromatic rings. The van der Waals surface area contributed by atoms with Crippen molar-refractivity contribution in [2.75, 3.05) is 6.61 Å². The molecule has 0 N–H and O–H groups in total. The lowest BCUT2D eigenvalue weighted by Crippen LogP contribution is -2.35. The van der Waals surface area contributed by atoms with Gasteiger partial charge in [0.2, 0.25) is 0 Å². The molecular weight excluding hydrogens is 312 g/mol. The van der Waals surface area contributed by atoms with Gasteiger partial charge in [0, 0.05) is 0 Å². The number of esters is 1. The normalized spacial score (nSPS) is 28.9. The molecule has 0 aliphatic heterocycles. The molecular formula is C22H32O3. The minimum absolute atomic E-state index is 0.0432. The smallest absolute Gasteiger partial charge is 0.314 e. The molecule has 2 aliphatic carbocycles. The third-order valence-electron chi connectivity index (χ3n) is 6.11. The van der Waals surface area contributed by atoms with E-state index in [2.05, 4.69) is 6.92 Å². The Hall–Kier alpha value is -1.51. The summed E-state index contributed by atoms with van der Waals surface area (Å²) < 4.78 is 11.1. The molecule has 0 heterocycles. The van der Waals surface area contributed by atoms with Crippen molar-refractivity contribution in [3.63, 3.8) is 0 Å². The second-order valence-electron chi connectivity index (χ2n) is 7.82. The van der Waals surface area contributed by atoms with Gasteiger partial charge in [0.1, 0.15) is 11.5 Å². The van der Waals surface area contributed by atoms with Gasteiger partial charge in [-0.1, -0.05) is 26.2 Å². The van der Waals surface area contributed by atoms with Crippen LogP contribution in [-0.4, -0.2) is 12.6 Å². The molecule has 3 heteroatoms. The van der Waals surface area contributed by atoms with Crippen LogP contribution in [0, 0.1) is 23.7 Å². The van der Waals surface area contributed by atoms with E-state index in [1.807, 2.05) is 31.2 Å². The number of ether oxygens (including phenoxy) is 2.